The van der Waals surface area contributed by atoms with Crippen molar-refractivity contribution in [2.75, 3.05) is 40.8 Å². The van der Waals surface area contributed by atoms with Crippen LogP contribution in [0.3, 0.4) is 0 Å². The fourth-order valence-corrected chi connectivity index (χ4v) is 1.65. The fourth-order valence-electron chi connectivity index (χ4n) is 1.65. The Morgan fingerprint density at radius 2 is 1.95 bits per heavy atom. The van der Waals surface area contributed by atoms with Crippen molar-refractivity contribution in [1.82, 2.24) is 5.32 Å². The normalized spacial score (nSPS) is 10.5. The summed E-state index contributed by atoms with van der Waals surface area (Å²) in [6, 6.07) is 5.86. The van der Waals surface area contributed by atoms with E-state index in [0.29, 0.717) is 19.8 Å². The average Bonchev–Trinajstić information content (AvgIpc) is 2.43. The van der Waals surface area contributed by atoms with Crippen molar-refractivity contribution in [2.45, 2.75) is 13.5 Å². The Hall–Kier alpha value is -1.30. The molecule has 0 atom stereocenters. The molecule has 0 aliphatic carbocycles. The zero-order valence-corrected chi connectivity index (χ0v) is 11.9. The van der Waals surface area contributed by atoms with E-state index < -0.39 is 0 Å². The molecule has 0 amide bonds. The molecule has 0 heterocycles. The van der Waals surface area contributed by atoms with Crippen LogP contribution in [0.2, 0.25) is 0 Å². The number of methoxy groups -OCH3 is 2. The van der Waals surface area contributed by atoms with E-state index in [2.05, 4.69) is 5.32 Å². The predicted molar refractivity (Wildman–Crippen MR) is 73.7 cm³/mol. The first-order valence-electron chi connectivity index (χ1n) is 6.39. The monoisotopic (exact) mass is 269 g/mol. The third-order valence-electron chi connectivity index (χ3n) is 2.48. The number of ether oxygens (including phenoxy) is 4. The molecule has 1 N–H and O–H groups in total. The average molecular weight is 269 g/mol. The van der Waals surface area contributed by atoms with Gasteiger partial charge in [-0.25, -0.2) is 0 Å². The highest BCUT2D eigenvalue weighted by molar-refractivity contribution is 5.46. The minimum atomic E-state index is 0.204. The van der Waals surface area contributed by atoms with E-state index in [1.807, 2.05) is 25.1 Å². The molecule has 1 rings (SSSR count). The SMILES string of the molecule is CCOc1cccc(CNCCOC)c1OCOC. The van der Waals surface area contributed by atoms with Gasteiger partial charge < -0.3 is 24.3 Å². The van der Waals surface area contributed by atoms with Gasteiger partial charge >= 0.3 is 0 Å². The number of hydrogen-bond acceptors (Lipinski definition) is 5. The molecular weight excluding hydrogens is 246 g/mol. The van der Waals surface area contributed by atoms with Crippen LogP contribution in [-0.2, 0) is 16.0 Å². The smallest absolute Gasteiger partial charge is 0.188 e. The van der Waals surface area contributed by atoms with Crippen LogP contribution >= 0.6 is 0 Å². The topological polar surface area (TPSA) is 49.0 Å². The van der Waals surface area contributed by atoms with Crippen molar-refractivity contribution in [1.29, 1.82) is 0 Å². The number of rotatable bonds is 10. The van der Waals surface area contributed by atoms with Crippen LogP contribution in [0.4, 0.5) is 0 Å². The number of para-hydroxylation sites is 1. The molecule has 5 heteroatoms. The second-order valence-corrected chi connectivity index (χ2v) is 3.90. The highest BCUT2D eigenvalue weighted by atomic mass is 16.7. The van der Waals surface area contributed by atoms with E-state index in [9.17, 15) is 0 Å². The molecule has 0 aliphatic rings. The Bertz CT molecular complexity index is 357. The van der Waals surface area contributed by atoms with Gasteiger partial charge in [-0.2, -0.15) is 0 Å². The van der Waals surface area contributed by atoms with Crippen LogP contribution in [0.5, 0.6) is 11.5 Å². The molecule has 1 aromatic carbocycles. The molecule has 0 aromatic heterocycles. The molecule has 0 spiro atoms. The molecule has 0 aliphatic heterocycles. The quantitative estimate of drug-likeness (QED) is 0.518. The summed E-state index contributed by atoms with van der Waals surface area (Å²) in [5.74, 6) is 1.47. The molecule has 5 nitrogen and oxygen atoms in total. The zero-order chi connectivity index (χ0) is 13.9. The second-order valence-electron chi connectivity index (χ2n) is 3.90. The minimum absolute atomic E-state index is 0.204. The van der Waals surface area contributed by atoms with Crippen LogP contribution in [0.15, 0.2) is 18.2 Å². The first-order chi connectivity index (χ1) is 9.33. The van der Waals surface area contributed by atoms with Crippen molar-refractivity contribution < 1.29 is 18.9 Å². The lowest BCUT2D eigenvalue weighted by molar-refractivity contribution is 0.0479. The van der Waals surface area contributed by atoms with Gasteiger partial charge in [0.25, 0.3) is 0 Å². The van der Waals surface area contributed by atoms with Crippen molar-refractivity contribution in [3.63, 3.8) is 0 Å². The van der Waals surface area contributed by atoms with Crippen molar-refractivity contribution in [3.05, 3.63) is 23.8 Å². The Kier molecular flexibility index (Phi) is 7.97. The summed E-state index contributed by atoms with van der Waals surface area (Å²) in [5, 5.41) is 3.29. The summed E-state index contributed by atoms with van der Waals surface area (Å²) in [6.45, 7) is 4.92. The molecule has 0 saturated heterocycles. The number of benzene rings is 1. The zero-order valence-electron chi connectivity index (χ0n) is 11.9. The Morgan fingerprint density at radius 1 is 1.11 bits per heavy atom. The van der Waals surface area contributed by atoms with Crippen LogP contribution < -0.4 is 14.8 Å². The van der Waals surface area contributed by atoms with Gasteiger partial charge in [0.15, 0.2) is 18.3 Å². The number of nitrogens with one attached hydrogen (secondary N) is 1. The molecular formula is C14H23NO4. The summed E-state index contributed by atoms with van der Waals surface area (Å²) < 4.78 is 21.1. The van der Waals surface area contributed by atoms with Crippen LogP contribution in [0.1, 0.15) is 12.5 Å². The molecule has 19 heavy (non-hydrogen) atoms. The van der Waals surface area contributed by atoms with Gasteiger partial charge in [0.1, 0.15) is 0 Å². The van der Waals surface area contributed by atoms with Crippen molar-refractivity contribution in [3.8, 4) is 11.5 Å². The van der Waals surface area contributed by atoms with E-state index in [1.165, 1.54) is 0 Å². The molecule has 0 unspecified atom stereocenters. The summed E-state index contributed by atoms with van der Waals surface area (Å²) >= 11 is 0. The lowest BCUT2D eigenvalue weighted by atomic mass is 10.2. The van der Waals surface area contributed by atoms with Crippen molar-refractivity contribution in [2.24, 2.45) is 0 Å². The van der Waals surface area contributed by atoms with Crippen molar-refractivity contribution >= 4 is 0 Å². The maximum atomic E-state index is 5.61. The van der Waals surface area contributed by atoms with E-state index in [1.54, 1.807) is 14.2 Å². The largest absolute Gasteiger partial charge is 0.490 e. The van der Waals surface area contributed by atoms with Gasteiger partial charge in [0.2, 0.25) is 0 Å². The lowest BCUT2D eigenvalue weighted by Crippen LogP contribution is -2.19. The molecule has 0 radical (unpaired) electrons. The molecule has 0 bridgehead atoms. The molecule has 108 valence electrons. The Morgan fingerprint density at radius 3 is 2.63 bits per heavy atom. The Labute approximate surface area is 114 Å². The first-order valence-corrected chi connectivity index (χ1v) is 6.39. The minimum Gasteiger partial charge on any atom is -0.490 e. The lowest BCUT2D eigenvalue weighted by Gasteiger charge is -2.15. The van der Waals surface area contributed by atoms with Crippen LogP contribution in [0.25, 0.3) is 0 Å². The van der Waals surface area contributed by atoms with Gasteiger partial charge in [0, 0.05) is 32.9 Å². The van der Waals surface area contributed by atoms with E-state index >= 15 is 0 Å². The van der Waals surface area contributed by atoms with E-state index in [-0.39, 0.29) is 6.79 Å². The standard InChI is InChI=1S/C14H23NO4/c1-4-18-13-7-5-6-12(10-15-8-9-16-2)14(13)19-11-17-3/h5-7,15H,4,8-11H2,1-3H3. The van der Waals surface area contributed by atoms with Gasteiger partial charge in [-0.3, -0.25) is 0 Å². The summed E-state index contributed by atoms with van der Waals surface area (Å²) in [4.78, 5) is 0. The van der Waals surface area contributed by atoms with Gasteiger partial charge in [0.05, 0.1) is 13.2 Å². The highest BCUT2D eigenvalue weighted by Crippen LogP contribution is 2.31. The Balaban J connectivity index is 2.72. The van der Waals surface area contributed by atoms with Gasteiger partial charge in [-0.1, -0.05) is 12.1 Å². The molecule has 0 saturated carbocycles. The van der Waals surface area contributed by atoms with Gasteiger partial charge in [-0.15, -0.1) is 0 Å². The first kappa shape index (κ1) is 15.8. The van der Waals surface area contributed by atoms with Crippen LogP contribution in [0, 0.1) is 0 Å². The molecule has 0 fully saturated rings. The third-order valence-corrected chi connectivity index (χ3v) is 2.48. The number of hydrogen-bond donors (Lipinski definition) is 1. The third kappa shape index (κ3) is 5.46. The highest BCUT2D eigenvalue weighted by Gasteiger charge is 2.10. The predicted octanol–water partition coefficient (Wildman–Crippen LogP) is 1.80. The summed E-state index contributed by atoms with van der Waals surface area (Å²) in [7, 11) is 3.28. The molecule has 1 aromatic rings. The fraction of sp³-hybridized carbons (Fsp3) is 0.571. The summed E-state index contributed by atoms with van der Waals surface area (Å²) in [5.41, 5.74) is 1.04. The van der Waals surface area contributed by atoms with E-state index in [4.69, 9.17) is 18.9 Å². The van der Waals surface area contributed by atoms with Crippen LogP contribution in [-0.4, -0.2) is 40.8 Å². The summed E-state index contributed by atoms with van der Waals surface area (Å²) in [6.07, 6.45) is 0. The van der Waals surface area contributed by atoms with E-state index in [0.717, 1.165) is 23.6 Å². The van der Waals surface area contributed by atoms with Gasteiger partial charge in [-0.05, 0) is 13.0 Å². The maximum absolute atomic E-state index is 5.61. The maximum Gasteiger partial charge on any atom is 0.188 e. The second kappa shape index (κ2) is 9.61.